The monoisotopic (exact) mass is 322 g/mol. The quantitative estimate of drug-likeness (QED) is 0.682. The van der Waals surface area contributed by atoms with Gasteiger partial charge in [0.15, 0.2) is 0 Å². The lowest BCUT2D eigenvalue weighted by atomic mass is 10.1. The van der Waals surface area contributed by atoms with Crippen LogP contribution in [0.4, 0.5) is 26.3 Å². The molecule has 0 saturated carbocycles. The zero-order valence-corrected chi connectivity index (χ0v) is 9.79. The summed E-state index contributed by atoms with van der Waals surface area (Å²) in [4.78, 5) is 0. The molecule has 1 rings (SSSR count). The largest absolute Gasteiger partial charge is 0.573 e. The van der Waals surface area contributed by atoms with Crippen molar-refractivity contribution in [2.45, 2.75) is 19.5 Å². The van der Waals surface area contributed by atoms with Gasteiger partial charge in [0, 0.05) is 4.47 Å². The molecule has 0 bridgehead atoms. The van der Waals surface area contributed by atoms with Crippen LogP contribution in [0.3, 0.4) is 0 Å². The van der Waals surface area contributed by atoms with Crippen LogP contribution in [0, 0.1) is 6.92 Å². The first kappa shape index (κ1) is 14.1. The smallest absolute Gasteiger partial charge is 0.406 e. The van der Waals surface area contributed by atoms with E-state index in [9.17, 15) is 26.3 Å². The van der Waals surface area contributed by atoms with Gasteiger partial charge in [0.05, 0.1) is 5.56 Å². The molecule has 0 atom stereocenters. The second kappa shape index (κ2) is 4.40. The molecule has 8 heteroatoms. The summed E-state index contributed by atoms with van der Waals surface area (Å²) in [5.74, 6) is -0.898. The summed E-state index contributed by atoms with van der Waals surface area (Å²) in [5.41, 5.74) is -1.21. The van der Waals surface area contributed by atoms with E-state index in [0.717, 1.165) is 6.07 Å². The number of hydrogen-bond acceptors (Lipinski definition) is 1. The van der Waals surface area contributed by atoms with Gasteiger partial charge in [-0.1, -0.05) is 0 Å². The van der Waals surface area contributed by atoms with E-state index >= 15 is 0 Å². The number of rotatable bonds is 1. The molecule has 0 aliphatic rings. The minimum absolute atomic E-state index is 0.000856. The lowest BCUT2D eigenvalue weighted by Crippen LogP contribution is -2.18. The first-order valence-electron chi connectivity index (χ1n) is 4.14. The van der Waals surface area contributed by atoms with Crippen LogP contribution in [0.2, 0.25) is 0 Å². The van der Waals surface area contributed by atoms with Crippen LogP contribution >= 0.6 is 15.9 Å². The average molecular weight is 323 g/mol. The van der Waals surface area contributed by atoms with Gasteiger partial charge in [-0.15, -0.1) is 13.2 Å². The Hall–Kier alpha value is -0.920. The van der Waals surface area contributed by atoms with Crippen molar-refractivity contribution in [3.05, 3.63) is 27.7 Å². The summed E-state index contributed by atoms with van der Waals surface area (Å²) >= 11 is 2.67. The SMILES string of the molecule is Cc1cc(OC(F)(F)F)cc(C(F)(F)F)c1Br. The molecule has 1 aromatic carbocycles. The highest BCUT2D eigenvalue weighted by molar-refractivity contribution is 9.10. The van der Waals surface area contributed by atoms with Crippen LogP contribution in [-0.2, 0) is 6.18 Å². The molecule has 1 aromatic rings. The predicted molar refractivity (Wildman–Crippen MR) is 50.6 cm³/mol. The van der Waals surface area contributed by atoms with Gasteiger partial charge in [-0.05, 0) is 40.5 Å². The fourth-order valence-corrected chi connectivity index (χ4v) is 1.59. The molecule has 0 fully saturated rings. The Morgan fingerprint density at radius 1 is 1.06 bits per heavy atom. The first-order chi connectivity index (χ1) is 7.50. The molecule has 0 unspecified atom stereocenters. The zero-order chi connectivity index (χ0) is 13.4. The molecule has 96 valence electrons. The van der Waals surface area contributed by atoms with E-state index in [0.29, 0.717) is 6.07 Å². The van der Waals surface area contributed by atoms with Crippen LogP contribution in [-0.4, -0.2) is 6.36 Å². The molecular weight excluding hydrogens is 318 g/mol. The van der Waals surface area contributed by atoms with Crippen LogP contribution in [0.5, 0.6) is 5.75 Å². The van der Waals surface area contributed by atoms with E-state index in [4.69, 9.17) is 0 Å². The van der Waals surface area contributed by atoms with Crippen molar-refractivity contribution in [1.29, 1.82) is 0 Å². The highest BCUT2D eigenvalue weighted by atomic mass is 79.9. The zero-order valence-electron chi connectivity index (χ0n) is 8.21. The van der Waals surface area contributed by atoms with Crippen LogP contribution < -0.4 is 4.74 Å². The average Bonchev–Trinajstić information content (AvgIpc) is 2.06. The minimum Gasteiger partial charge on any atom is -0.406 e. The maximum absolute atomic E-state index is 12.5. The van der Waals surface area contributed by atoms with Gasteiger partial charge in [-0.25, -0.2) is 0 Å². The lowest BCUT2D eigenvalue weighted by Gasteiger charge is -2.15. The van der Waals surface area contributed by atoms with E-state index in [1.54, 1.807) is 0 Å². The number of benzene rings is 1. The molecule has 0 radical (unpaired) electrons. The van der Waals surface area contributed by atoms with Crippen LogP contribution in [0.15, 0.2) is 16.6 Å². The van der Waals surface area contributed by atoms with Crippen molar-refractivity contribution in [3.63, 3.8) is 0 Å². The molecule has 0 amide bonds. The third-order valence-electron chi connectivity index (χ3n) is 1.77. The molecule has 0 spiro atoms. The molecule has 0 heterocycles. The standard InChI is InChI=1S/C9H5BrF6O/c1-4-2-5(17-9(14,15)16)3-6(7(4)10)8(11,12)13/h2-3H,1H3. The summed E-state index contributed by atoms with van der Waals surface area (Å²) in [6, 6.07) is 1.16. The molecule has 17 heavy (non-hydrogen) atoms. The van der Waals surface area contributed by atoms with Crippen molar-refractivity contribution in [2.75, 3.05) is 0 Å². The summed E-state index contributed by atoms with van der Waals surface area (Å²) in [6.07, 6.45) is -9.78. The van der Waals surface area contributed by atoms with E-state index in [-0.39, 0.29) is 10.0 Å². The highest BCUT2D eigenvalue weighted by Gasteiger charge is 2.36. The Morgan fingerprint density at radius 2 is 1.59 bits per heavy atom. The number of halogens is 7. The Bertz CT molecular complexity index is 423. The van der Waals surface area contributed by atoms with Gasteiger partial charge < -0.3 is 4.74 Å². The topological polar surface area (TPSA) is 9.23 Å². The van der Waals surface area contributed by atoms with Gasteiger partial charge in [-0.2, -0.15) is 13.2 Å². The molecular formula is C9H5BrF6O. The first-order valence-corrected chi connectivity index (χ1v) is 4.93. The molecule has 0 aliphatic heterocycles. The highest BCUT2D eigenvalue weighted by Crippen LogP contribution is 2.39. The summed E-state index contributed by atoms with van der Waals surface area (Å²) in [5, 5.41) is 0. The fourth-order valence-electron chi connectivity index (χ4n) is 1.14. The molecule has 0 aromatic heterocycles. The van der Waals surface area contributed by atoms with Gasteiger partial charge in [0.2, 0.25) is 0 Å². The Labute approximate surface area is 101 Å². The van der Waals surface area contributed by atoms with Gasteiger partial charge >= 0.3 is 12.5 Å². The third-order valence-corrected chi connectivity index (χ3v) is 2.82. The van der Waals surface area contributed by atoms with Crippen molar-refractivity contribution in [1.82, 2.24) is 0 Å². The van der Waals surface area contributed by atoms with Crippen molar-refractivity contribution >= 4 is 15.9 Å². The molecule has 0 N–H and O–H groups in total. The van der Waals surface area contributed by atoms with E-state index in [2.05, 4.69) is 20.7 Å². The maximum atomic E-state index is 12.5. The van der Waals surface area contributed by atoms with Crippen molar-refractivity contribution < 1.29 is 31.1 Å². The number of ether oxygens (including phenoxy) is 1. The van der Waals surface area contributed by atoms with Crippen molar-refractivity contribution in [3.8, 4) is 5.75 Å². The van der Waals surface area contributed by atoms with Gasteiger partial charge in [-0.3, -0.25) is 0 Å². The Morgan fingerprint density at radius 3 is 2.00 bits per heavy atom. The van der Waals surface area contributed by atoms with Crippen LogP contribution in [0.1, 0.15) is 11.1 Å². The molecule has 1 nitrogen and oxygen atoms in total. The van der Waals surface area contributed by atoms with Gasteiger partial charge in [0.25, 0.3) is 0 Å². The maximum Gasteiger partial charge on any atom is 0.573 e. The van der Waals surface area contributed by atoms with Crippen LogP contribution in [0.25, 0.3) is 0 Å². The second-order valence-corrected chi connectivity index (χ2v) is 3.94. The fraction of sp³-hybridized carbons (Fsp3) is 0.333. The summed E-state index contributed by atoms with van der Waals surface area (Å²) < 4.78 is 76.2. The number of hydrogen-bond donors (Lipinski definition) is 0. The summed E-state index contributed by atoms with van der Waals surface area (Å²) in [7, 11) is 0. The number of alkyl halides is 6. The van der Waals surface area contributed by atoms with E-state index in [1.165, 1.54) is 6.92 Å². The molecule has 0 saturated heterocycles. The lowest BCUT2D eigenvalue weighted by molar-refractivity contribution is -0.274. The van der Waals surface area contributed by atoms with Gasteiger partial charge in [0.1, 0.15) is 5.75 Å². The normalized spacial score (nSPS) is 12.7. The van der Waals surface area contributed by atoms with Crippen molar-refractivity contribution in [2.24, 2.45) is 0 Å². The predicted octanol–water partition coefficient (Wildman–Crippen LogP) is 4.67. The second-order valence-electron chi connectivity index (χ2n) is 3.15. The minimum atomic E-state index is -5.02. The van der Waals surface area contributed by atoms with E-state index < -0.39 is 23.9 Å². The third kappa shape index (κ3) is 3.79. The Kier molecular flexibility index (Phi) is 3.66. The molecule has 0 aliphatic carbocycles. The summed E-state index contributed by atoms with van der Waals surface area (Å²) in [6.45, 7) is 1.24. The number of aryl methyl sites for hydroxylation is 1. The van der Waals surface area contributed by atoms with E-state index in [1.807, 2.05) is 0 Å². The Balaban J connectivity index is 3.25.